The second kappa shape index (κ2) is 5.72. The molecule has 0 saturated heterocycles. The summed E-state index contributed by atoms with van der Waals surface area (Å²) in [6, 6.07) is 0. The van der Waals surface area contributed by atoms with E-state index in [0.29, 0.717) is 0 Å². The summed E-state index contributed by atoms with van der Waals surface area (Å²) >= 11 is 9.53. The average molecular weight is 170 g/mol. The van der Waals surface area contributed by atoms with Crippen molar-refractivity contribution in [2.45, 2.75) is 0 Å². The lowest BCUT2D eigenvalue weighted by molar-refractivity contribution is 0.515. The van der Waals surface area contributed by atoms with Crippen molar-refractivity contribution in [1.82, 2.24) is 4.98 Å². The van der Waals surface area contributed by atoms with Crippen molar-refractivity contribution in [2.24, 2.45) is 0 Å². The molecule has 1 aromatic rings. The summed E-state index contributed by atoms with van der Waals surface area (Å²) < 4.78 is 4.22. The number of alkyl halides is 2. The van der Waals surface area contributed by atoms with E-state index in [1.54, 1.807) is 0 Å². The Morgan fingerprint density at radius 3 is 2.33 bits per heavy atom. The molecule has 52 valence electrons. The van der Waals surface area contributed by atoms with Gasteiger partial charge in [0.1, 0.15) is 6.26 Å². The lowest BCUT2D eigenvalue weighted by Crippen LogP contribution is -1.91. The van der Waals surface area contributed by atoms with Gasteiger partial charge in [-0.05, 0) is 0 Å². The molecule has 0 spiro atoms. The molecule has 0 aliphatic carbocycles. The van der Waals surface area contributed by atoms with E-state index in [2.05, 4.69) is 9.40 Å². The molecular weight excluding hydrogens is 165 g/mol. The van der Waals surface area contributed by atoms with Crippen molar-refractivity contribution in [1.29, 1.82) is 0 Å². The Morgan fingerprint density at radius 2 is 2.22 bits per heavy atom. The molecule has 9 heavy (non-hydrogen) atoms. The SMILES string of the molecule is ClCCl.O=c1[nH]cco1. The molecule has 1 N–H and O–H groups in total. The van der Waals surface area contributed by atoms with Crippen LogP contribution in [0.15, 0.2) is 21.7 Å². The maximum atomic E-state index is 9.85. The van der Waals surface area contributed by atoms with E-state index in [4.69, 9.17) is 23.2 Å². The van der Waals surface area contributed by atoms with E-state index in [0.717, 1.165) is 0 Å². The van der Waals surface area contributed by atoms with Gasteiger partial charge in [-0.2, -0.15) is 0 Å². The highest BCUT2D eigenvalue weighted by molar-refractivity contribution is 6.40. The molecule has 3 nitrogen and oxygen atoms in total. The maximum absolute atomic E-state index is 9.85. The van der Waals surface area contributed by atoms with E-state index in [1.807, 2.05) is 0 Å². The fraction of sp³-hybridized carbons (Fsp3) is 0.250. The fourth-order valence-electron chi connectivity index (χ4n) is 0.232. The van der Waals surface area contributed by atoms with Gasteiger partial charge in [0.2, 0.25) is 0 Å². The zero-order chi connectivity index (χ0) is 7.11. The van der Waals surface area contributed by atoms with Crippen LogP contribution >= 0.6 is 23.2 Å². The zero-order valence-electron chi connectivity index (χ0n) is 4.43. The molecule has 5 heteroatoms. The normalized spacial score (nSPS) is 7.78. The van der Waals surface area contributed by atoms with Crippen LogP contribution in [0.4, 0.5) is 0 Å². The van der Waals surface area contributed by atoms with Crippen LogP contribution in [0.3, 0.4) is 0 Å². The molecule has 0 atom stereocenters. The third-order valence-electron chi connectivity index (χ3n) is 0.444. The Bertz CT molecular complexity index is 166. The van der Waals surface area contributed by atoms with Crippen LogP contribution in [0.2, 0.25) is 0 Å². The van der Waals surface area contributed by atoms with Gasteiger partial charge in [-0.1, -0.05) is 0 Å². The standard InChI is InChI=1S/C3H3NO2.CH2Cl2/c5-3-4-1-2-6-3;2-1-3/h1-2H,(H,4,5);1H2. The third kappa shape index (κ3) is 5.46. The molecule has 0 bridgehead atoms. The Balaban J connectivity index is 0.000000187. The van der Waals surface area contributed by atoms with Crippen LogP contribution in [-0.2, 0) is 0 Å². The number of H-pyrrole nitrogens is 1. The first-order chi connectivity index (χ1) is 4.31. The molecular formula is C4H5Cl2NO2. The van der Waals surface area contributed by atoms with Crippen molar-refractivity contribution in [2.75, 3.05) is 5.34 Å². The minimum Gasteiger partial charge on any atom is -0.417 e. The first kappa shape index (κ1) is 8.59. The number of aromatic amines is 1. The Kier molecular flexibility index (Phi) is 5.46. The molecule has 0 aliphatic heterocycles. The second-order valence-corrected chi connectivity index (χ2v) is 1.76. The predicted molar refractivity (Wildman–Crippen MR) is 35.9 cm³/mol. The number of hydrogen-bond donors (Lipinski definition) is 1. The minimum atomic E-state index is -0.407. The lowest BCUT2D eigenvalue weighted by atomic mass is 11.0. The van der Waals surface area contributed by atoms with E-state index < -0.39 is 5.76 Å². The summed E-state index contributed by atoms with van der Waals surface area (Å²) in [6.45, 7) is 0. The first-order valence-electron chi connectivity index (χ1n) is 2.05. The molecule has 0 unspecified atom stereocenters. The largest absolute Gasteiger partial charge is 0.417 e. The van der Waals surface area contributed by atoms with Gasteiger partial charge in [0.15, 0.2) is 0 Å². The summed E-state index contributed by atoms with van der Waals surface area (Å²) in [5.41, 5.74) is 0. The maximum Gasteiger partial charge on any atom is 0.416 e. The number of nitrogens with one attached hydrogen (secondary N) is 1. The number of rotatable bonds is 0. The van der Waals surface area contributed by atoms with Gasteiger partial charge in [-0.15, -0.1) is 23.2 Å². The van der Waals surface area contributed by atoms with Gasteiger partial charge in [0, 0.05) is 6.20 Å². The highest BCUT2D eigenvalue weighted by atomic mass is 35.5. The van der Waals surface area contributed by atoms with Crippen molar-refractivity contribution < 1.29 is 4.42 Å². The van der Waals surface area contributed by atoms with Crippen LogP contribution in [0, 0.1) is 0 Å². The summed E-state index contributed by atoms with van der Waals surface area (Å²) in [5, 5.41) is 0.194. The molecule has 0 amide bonds. The topological polar surface area (TPSA) is 46.0 Å². The van der Waals surface area contributed by atoms with Gasteiger partial charge in [-0.3, -0.25) is 4.98 Å². The molecule has 0 radical (unpaired) electrons. The summed E-state index contributed by atoms with van der Waals surface area (Å²) in [5.74, 6) is -0.407. The minimum absolute atomic E-state index is 0.194. The Hall–Kier alpha value is -0.410. The predicted octanol–water partition coefficient (Wildman–Crippen LogP) is 1.39. The van der Waals surface area contributed by atoms with E-state index >= 15 is 0 Å². The third-order valence-corrected chi connectivity index (χ3v) is 0.444. The Morgan fingerprint density at radius 1 is 1.67 bits per heavy atom. The molecule has 0 fully saturated rings. The fourth-order valence-corrected chi connectivity index (χ4v) is 0.232. The van der Waals surface area contributed by atoms with Crippen molar-refractivity contribution in [3.8, 4) is 0 Å². The number of aromatic nitrogens is 1. The molecule has 1 aromatic heterocycles. The Labute approximate surface area is 61.6 Å². The van der Waals surface area contributed by atoms with E-state index in [9.17, 15) is 4.79 Å². The quantitative estimate of drug-likeness (QED) is 0.598. The number of halogens is 2. The number of hydrogen-bond acceptors (Lipinski definition) is 2. The first-order valence-corrected chi connectivity index (χ1v) is 3.12. The molecule has 0 saturated carbocycles. The van der Waals surface area contributed by atoms with E-state index in [1.165, 1.54) is 12.5 Å². The molecule has 1 rings (SSSR count). The highest BCUT2D eigenvalue weighted by Crippen LogP contribution is 1.73. The average Bonchev–Trinajstić information content (AvgIpc) is 2.20. The van der Waals surface area contributed by atoms with Crippen LogP contribution in [-0.4, -0.2) is 10.3 Å². The molecule has 0 aromatic carbocycles. The van der Waals surface area contributed by atoms with Gasteiger partial charge < -0.3 is 4.42 Å². The number of oxazole rings is 1. The molecule has 0 aliphatic rings. The van der Waals surface area contributed by atoms with Crippen LogP contribution in [0.5, 0.6) is 0 Å². The lowest BCUT2D eigenvalue weighted by Gasteiger charge is -1.51. The molecule has 1 heterocycles. The van der Waals surface area contributed by atoms with Gasteiger partial charge in [-0.25, -0.2) is 4.79 Å². The van der Waals surface area contributed by atoms with Crippen LogP contribution in [0.1, 0.15) is 0 Å². The monoisotopic (exact) mass is 169 g/mol. The van der Waals surface area contributed by atoms with Gasteiger partial charge >= 0.3 is 5.76 Å². The van der Waals surface area contributed by atoms with Crippen molar-refractivity contribution in [3.63, 3.8) is 0 Å². The van der Waals surface area contributed by atoms with Crippen LogP contribution < -0.4 is 5.76 Å². The van der Waals surface area contributed by atoms with E-state index in [-0.39, 0.29) is 5.34 Å². The smallest absolute Gasteiger partial charge is 0.416 e. The zero-order valence-corrected chi connectivity index (χ0v) is 5.95. The van der Waals surface area contributed by atoms with Gasteiger partial charge in [0.05, 0.1) is 5.34 Å². The summed E-state index contributed by atoms with van der Waals surface area (Å²) in [4.78, 5) is 12.1. The second-order valence-electron chi connectivity index (χ2n) is 0.953. The summed E-state index contributed by atoms with van der Waals surface area (Å²) in [6.07, 6.45) is 2.73. The van der Waals surface area contributed by atoms with Crippen molar-refractivity contribution in [3.05, 3.63) is 23.0 Å². The summed E-state index contributed by atoms with van der Waals surface area (Å²) in [7, 11) is 0. The van der Waals surface area contributed by atoms with Crippen molar-refractivity contribution >= 4 is 23.2 Å². The van der Waals surface area contributed by atoms with Crippen LogP contribution in [0.25, 0.3) is 0 Å². The highest BCUT2D eigenvalue weighted by Gasteiger charge is 1.72. The van der Waals surface area contributed by atoms with Gasteiger partial charge in [0.25, 0.3) is 0 Å².